The second-order valence-corrected chi connectivity index (χ2v) is 7.11. The molecule has 2 rings (SSSR count). The first-order valence-corrected chi connectivity index (χ1v) is 9.15. The number of carbonyl (C=O) groups is 2. The Bertz CT molecular complexity index is 520. The summed E-state index contributed by atoms with van der Waals surface area (Å²) in [7, 11) is 0. The van der Waals surface area contributed by atoms with Gasteiger partial charge in [0.1, 0.15) is 0 Å². The van der Waals surface area contributed by atoms with E-state index in [0.29, 0.717) is 25.4 Å². The number of hydrogen-bond acceptors (Lipinski definition) is 2. The van der Waals surface area contributed by atoms with Crippen molar-refractivity contribution < 1.29 is 9.59 Å². The Kier molecular flexibility index (Phi) is 7.29. The molecule has 0 atom stereocenters. The minimum Gasteiger partial charge on any atom is -0.356 e. The topological polar surface area (TPSA) is 49.4 Å². The van der Waals surface area contributed by atoms with E-state index in [-0.39, 0.29) is 17.7 Å². The van der Waals surface area contributed by atoms with E-state index in [1.165, 1.54) is 5.56 Å². The quantitative estimate of drug-likeness (QED) is 0.835. The molecule has 0 aromatic heterocycles. The summed E-state index contributed by atoms with van der Waals surface area (Å²) in [6.07, 6.45) is 3.92. The number of likely N-dealkylation sites (tertiary alicyclic amines) is 1. The molecule has 0 bridgehead atoms. The van der Waals surface area contributed by atoms with Gasteiger partial charge in [-0.05, 0) is 37.2 Å². The predicted molar refractivity (Wildman–Crippen MR) is 96.5 cm³/mol. The van der Waals surface area contributed by atoms with Crippen LogP contribution in [0.1, 0.15) is 45.1 Å². The minimum absolute atomic E-state index is 0.0651. The molecule has 2 amide bonds. The van der Waals surface area contributed by atoms with Gasteiger partial charge in [-0.3, -0.25) is 9.59 Å². The van der Waals surface area contributed by atoms with E-state index >= 15 is 0 Å². The Hall–Kier alpha value is -1.84. The molecule has 1 fully saturated rings. The smallest absolute Gasteiger partial charge is 0.223 e. The first-order chi connectivity index (χ1) is 11.6. The van der Waals surface area contributed by atoms with Crippen LogP contribution in [0.4, 0.5) is 0 Å². The van der Waals surface area contributed by atoms with Crippen molar-refractivity contribution in [3.8, 4) is 0 Å². The van der Waals surface area contributed by atoms with Gasteiger partial charge in [0.15, 0.2) is 0 Å². The maximum atomic E-state index is 12.3. The van der Waals surface area contributed by atoms with Crippen molar-refractivity contribution in [1.29, 1.82) is 0 Å². The number of amides is 2. The molecule has 0 unspecified atom stereocenters. The van der Waals surface area contributed by atoms with E-state index in [4.69, 9.17) is 0 Å². The lowest BCUT2D eigenvalue weighted by molar-refractivity contribution is -0.135. The van der Waals surface area contributed by atoms with Crippen LogP contribution in [0.5, 0.6) is 0 Å². The van der Waals surface area contributed by atoms with E-state index < -0.39 is 0 Å². The van der Waals surface area contributed by atoms with Gasteiger partial charge in [0.05, 0.1) is 0 Å². The second-order valence-electron chi connectivity index (χ2n) is 7.11. The molecule has 132 valence electrons. The average molecular weight is 330 g/mol. The zero-order valence-corrected chi connectivity index (χ0v) is 15.0. The maximum absolute atomic E-state index is 12.3. The van der Waals surface area contributed by atoms with Crippen molar-refractivity contribution in [2.24, 2.45) is 11.8 Å². The van der Waals surface area contributed by atoms with E-state index in [1.807, 2.05) is 23.1 Å². The number of aryl methyl sites for hydroxylation is 1. The van der Waals surface area contributed by atoms with E-state index in [0.717, 1.165) is 32.2 Å². The van der Waals surface area contributed by atoms with E-state index in [2.05, 4.69) is 31.3 Å². The van der Waals surface area contributed by atoms with Gasteiger partial charge in [-0.25, -0.2) is 0 Å². The van der Waals surface area contributed by atoms with Crippen LogP contribution < -0.4 is 5.32 Å². The molecule has 1 N–H and O–H groups in total. The molecule has 0 saturated carbocycles. The zero-order valence-electron chi connectivity index (χ0n) is 15.0. The lowest BCUT2D eigenvalue weighted by atomic mass is 9.95. The van der Waals surface area contributed by atoms with E-state index in [1.54, 1.807) is 0 Å². The highest BCUT2D eigenvalue weighted by atomic mass is 16.2. The second kappa shape index (κ2) is 9.45. The van der Waals surface area contributed by atoms with Gasteiger partial charge < -0.3 is 10.2 Å². The SMILES string of the molecule is CC(C)CCNC(=O)C1CCN(C(=O)CCc2ccccc2)CC1. The van der Waals surface area contributed by atoms with Crippen LogP contribution >= 0.6 is 0 Å². The number of rotatable bonds is 7. The lowest BCUT2D eigenvalue weighted by Crippen LogP contribution is -2.43. The van der Waals surface area contributed by atoms with Crippen molar-refractivity contribution in [2.45, 2.75) is 46.0 Å². The summed E-state index contributed by atoms with van der Waals surface area (Å²) in [5, 5.41) is 3.03. The molecule has 4 heteroatoms. The van der Waals surface area contributed by atoms with Gasteiger partial charge in [0.25, 0.3) is 0 Å². The molecule has 1 aliphatic heterocycles. The first-order valence-electron chi connectivity index (χ1n) is 9.15. The summed E-state index contributed by atoms with van der Waals surface area (Å²) in [6.45, 7) is 6.48. The summed E-state index contributed by atoms with van der Waals surface area (Å²) in [5.41, 5.74) is 1.20. The summed E-state index contributed by atoms with van der Waals surface area (Å²) < 4.78 is 0. The van der Waals surface area contributed by atoms with Crippen LogP contribution in [-0.4, -0.2) is 36.3 Å². The Labute approximate surface area is 145 Å². The largest absolute Gasteiger partial charge is 0.356 e. The Morgan fingerprint density at radius 1 is 1.17 bits per heavy atom. The van der Waals surface area contributed by atoms with Gasteiger partial charge in [-0.1, -0.05) is 44.2 Å². The Morgan fingerprint density at radius 2 is 1.83 bits per heavy atom. The number of piperidine rings is 1. The van der Waals surface area contributed by atoms with Crippen LogP contribution in [0.25, 0.3) is 0 Å². The third-order valence-electron chi connectivity index (χ3n) is 4.71. The van der Waals surface area contributed by atoms with Crippen molar-refractivity contribution in [3.05, 3.63) is 35.9 Å². The monoisotopic (exact) mass is 330 g/mol. The molecule has 1 heterocycles. The van der Waals surface area contributed by atoms with Crippen LogP contribution in [0.2, 0.25) is 0 Å². The Morgan fingerprint density at radius 3 is 2.46 bits per heavy atom. The fourth-order valence-corrected chi connectivity index (χ4v) is 3.07. The first kappa shape index (κ1) is 18.5. The highest BCUT2D eigenvalue weighted by molar-refractivity contribution is 5.80. The number of nitrogens with one attached hydrogen (secondary N) is 1. The average Bonchev–Trinajstić information content (AvgIpc) is 2.60. The summed E-state index contributed by atoms with van der Waals surface area (Å²) in [6, 6.07) is 10.1. The molecule has 1 aromatic carbocycles. The molecule has 4 nitrogen and oxygen atoms in total. The van der Waals surface area contributed by atoms with Gasteiger partial charge in [0, 0.05) is 32.0 Å². The molecule has 0 radical (unpaired) electrons. The van der Waals surface area contributed by atoms with Crippen LogP contribution in [0, 0.1) is 11.8 Å². The summed E-state index contributed by atoms with van der Waals surface area (Å²) >= 11 is 0. The third kappa shape index (κ3) is 5.99. The fraction of sp³-hybridized carbons (Fsp3) is 0.600. The van der Waals surface area contributed by atoms with Gasteiger partial charge in [-0.2, -0.15) is 0 Å². The molecule has 0 aliphatic carbocycles. The van der Waals surface area contributed by atoms with Crippen LogP contribution in [-0.2, 0) is 16.0 Å². The number of carbonyl (C=O) groups excluding carboxylic acids is 2. The van der Waals surface area contributed by atoms with E-state index in [9.17, 15) is 9.59 Å². The normalized spacial score (nSPS) is 15.5. The van der Waals surface area contributed by atoms with Gasteiger partial charge in [-0.15, -0.1) is 0 Å². The zero-order chi connectivity index (χ0) is 17.4. The molecule has 1 saturated heterocycles. The van der Waals surface area contributed by atoms with Crippen molar-refractivity contribution in [2.75, 3.05) is 19.6 Å². The minimum atomic E-state index is 0.0651. The van der Waals surface area contributed by atoms with Crippen molar-refractivity contribution >= 4 is 11.8 Å². The Balaban J connectivity index is 1.68. The summed E-state index contributed by atoms with van der Waals surface area (Å²) in [4.78, 5) is 26.4. The van der Waals surface area contributed by atoms with Crippen LogP contribution in [0.15, 0.2) is 30.3 Å². The highest BCUT2D eigenvalue weighted by Crippen LogP contribution is 2.18. The molecular weight excluding hydrogens is 300 g/mol. The maximum Gasteiger partial charge on any atom is 0.223 e. The van der Waals surface area contributed by atoms with Crippen LogP contribution in [0.3, 0.4) is 0 Å². The summed E-state index contributed by atoms with van der Waals surface area (Å²) in [5.74, 6) is 1.04. The molecule has 1 aromatic rings. The predicted octanol–water partition coefficient (Wildman–Crippen LogP) is 3.02. The third-order valence-corrected chi connectivity index (χ3v) is 4.71. The van der Waals surface area contributed by atoms with Gasteiger partial charge in [0.2, 0.25) is 11.8 Å². The van der Waals surface area contributed by atoms with Crippen molar-refractivity contribution in [1.82, 2.24) is 10.2 Å². The lowest BCUT2D eigenvalue weighted by Gasteiger charge is -2.31. The molecule has 1 aliphatic rings. The molecular formula is C20H30N2O2. The number of nitrogens with zero attached hydrogens (tertiary/aromatic N) is 1. The highest BCUT2D eigenvalue weighted by Gasteiger charge is 2.26. The molecule has 0 spiro atoms. The van der Waals surface area contributed by atoms with Gasteiger partial charge >= 0.3 is 0 Å². The standard InChI is InChI=1S/C20H30N2O2/c1-16(2)10-13-21-20(24)18-11-14-22(15-12-18)19(23)9-8-17-6-4-3-5-7-17/h3-7,16,18H,8-15H2,1-2H3,(H,21,24). The number of hydrogen-bond donors (Lipinski definition) is 1. The van der Waals surface area contributed by atoms with Crippen molar-refractivity contribution in [3.63, 3.8) is 0 Å². The number of benzene rings is 1. The fourth-order valence-electron chi connectivity index (χ4n) is 3.07. The molecule has 24 heavy (non-hydrogen) atoms.